The molecule has 0 radical (unpaired) electrons. The van der Waals surface area contributed by atoms with Crippen molar-refractivity contribution in [1.82, 2.24) is 19.5 Å². The van der Waals surface area contributed by atoms with Crippen molar-refractivity contribution in [2.45, 2.75) is 24.5 Å². The number of aliphatic hydroxyl groups excluding tert-OH is 3. The number of hydrogen-bond donors (Lipinski definition) is 5. The molecule has 4 atom stereocenters. The molecule has 1 aliphatic heterocycles. The van der Waals surface area contributed by atoms with Crippen LogP contribution in [-0.4, -0.2) is 87.3 Å². The molecule has 14 heteroatoms. The van der Waals surface area contributed by atoms with Crippen molar-refractivity contribution in [3.63, 3.8) is 0 Å². The first-order valence-corrected chi connectivity index (χ1v) is 10.1. The van der Waals surface area contributed by atoms with Gasteiger partial charge in [0, 0.05) is 5.56 Å². The Morgan fingerprint density at radius 3 is 2.50 bits per heavy atom. The van der Waals surface area contributed by atoms with Crippen LogP contribution in [-0.2, 0) is 4.74 Å². The van der Waals surface area contributed by atoms with Crippen LogP contribution in [0, 0.1) is 0 Å². The molecule has 4 rings (SSSR count). The number of imidazole rings is 1. The molecule has 0 aliphatic carbocycles. The Bertz CT molecular complexity index is 1230. The second-order valence-corrected chi connectivity index (χ2v) is 7.27. The molecule has 5 N–H and O–H groups in total. The van der Waals surface area contributed by atoms with Crippen molar-refractivity contribution in [1.29, 1.82) is 0 Å². The van der Waals surface area contributed by atoms with E-state index in [-0.39, 0.29) is 17.1 Å². The van der Waals surface area contributed by atoms with Crippen LogP contribution in [0.5, 0.6) is 17.2 Å². The number of methoxy groups -OCH3 is 3. The van der Waals surface area contributed by atoms with E-state index in [1.165, 1.54) is 38.4 Å². The van der Waals surface area contributed by atoms with Crippen molar-refractivity contribution in [2.75, 3.05) is 33.4 Å². The lowest BCUT2D eigenvalue weighted by Crippen LogP contribution is -2.33. The van der Waals surface area contributed by atoms with E-state index < -0.39 is 36.7 Å². The molecule has 1 aromatic carbocycles. The number of anilines is 1. The Morgan fingerprint density at radius 1 is 1.21 bits per heavy atom. The minimum Gasteiger partial charge on any atom is -0.493 e. The topological polar surface area (TPSA) is 186 Å². The highest BCUT2D eigenvalue weighted by atomic mass is 16.6. The number of aliphatic hydroxyl groups is 3. The van der Waals surface area contributed by atoms with Gasteiger partial charge >= 0.3 is 0 Å². The third kappa shape index (κ3) is 4.03. The summed E-state index contributed by atoms with van der Waals surface area (Å²) in [6.45, 7) is -0.516. The fourth-order valence-electron chi connectivity index (χ4n) is 3.67. The minimum atomic E-state index is -1.42. The van der Waals surface area contributed by atoms with Crippen LogP contribution in [0.1, 0.15) is 11.8 Å². The monoisotopic (exact) mass is 476 g/mol. The number of benzene rings is 1. The molecule has 2 aromatic heterocycles. The first kappa shape index (κ1) is 23.4. The van der Waals surface area contributed by atoms with Crippen LogP contribution in [0.25, 0.3) is 11.2 Å². The summed E-state index contributed by atoms with van der Waals surface area (Å²) in [6.07, 6.45) is -2.38. The molecule has 1 aliphatic rings. The fraction of sp³-hybridized carbons (Fsp3) is 0.400. The van der Waals surface area contributed by atoms with Gasteiger partial charge in [0.1, 0.15) is 18.3 Å². The maximum Gasteiger partial charge on any atom is 0.278 e. The van der Waals surface area contributed by atoms with Crippen LogP contribution < -0.4 is 25.2 Å². The highest BCUT2D eigenvalue weighted by Crippen LogP contribution is 2.38. The molecule has 0 amide bonds. The molecule has 14 nitrogen and oxygen atoms in total. The second kappa shape index (κ2) is 9.64. The summed E-state index contributed by atoms with van der Waals surface area (Å²) in [6, 6.07) is 3.35. The van der Waals surface area contributed by atoms with Gasteiger partial charge in [0.05, 0.1) is 40.5 Å². The van der Waals surface area contributed by atoms with Crippen molar-refractivity contribution < 1.29 is 34.3 Å². The van der Waals surface area contributed by atoms with E-state index in [0.717, 1.165) is 0 Å². The van der Waals surface area contributed by atoms with Crippen LogP contribution >= 0.6 is 0 Å². The van der Waals surface area contributed by atoms with Gasteiger partial charge in [0.2, 0.25) is 11.7 Å². The smallest absolute Gasteiger partial charge is 0.278 e. The summed E-state index contributed by atoms with van der Waals surface area (Å²) in [5.41, 5.74) is 2.83. The van der Waals surface area contributed by atoms with E-state index in [1.807, 2.05) is 0 Å². The predicted octanol–water partition coefficient (Wildman–Crippen LogP) is -0.797. The van der Waals surface area contributed by atoms with Gasteiger partial charge in [-0.1, -0.05) is 0 Å². The minimum absolute atomic E-state index is 0.0118. The molecule has 1 fully saturated rings. The Hall–Kier alpha value is -3.72. The number of H-pyrrole nitrogens is 1. The summed E-state index contributed by atoms with van der Waals surface area (Å²) in [5, 5.41) is 34.3. The van der Waals surface area contributed by atoms with Gasteiger partial charge in [-0.05, 0) is 12.1 Å². The van der Waals surface area contributed by atoms with E-state index in [2.05, 4.69) is 25.5 Å². The normalized spacial score (nSPS) is 22.4. The zero-order valence-electron chi connectivity index (χ0n) is 18.5. The van der Waals surface area contributed by atoms with Crippen molar-refractivity contribution in [2.24, 2.45) is 5.10 Å². The van der Waals surface area contributed by atoms with Gasteiger partial charge < -0.3 is 39.3 Å². The molecule has 182 valence electrons. The average Bonchev–Trinajstić information content (AvgIpc) is 3.35. The number of nitrogens with zero attached hydrogens (tertiary/aromatic N) is 4. The maximum atomic E-state index is 12.3. The third-order valence-corrected chi connectivity index (χ3v) is 5.32. The number of hydrazone groups is 1. The van der Waals surface area contributed by atoms with Gasteiger partial charge in [0.15, 0.2) is 28.9 Å². The Balaban J connectivity index is 1.71. The number of aromatic nitrogens is 4. The molecule has 3 heterocycles. The quantitative estimate of drug-likeness (QED) is 0.202. The summed E-state index contributed by atoms with van der Waals surface area (Å²) < 4.78 is 22.9. The van der Waals surface area contributed by atoms with E-state index in [0.29, 0.717) is 22.8 Å². The van der Waals surface area contributed by atoms with E-state index in [9.17, 15) is 20.1 Å². The molecular formula is C20H24N6O8. The third-order valence-electron chi connectivity index (χ3n) is 5.32. The Labute approximate surface area is 192 Å². The molecule has 1 saturated heterocycles. The average molecular weight is 476 g/mol. The number of fused-ring (bicyclic) bond motifs is 1. The first-order valence-electron chi connectivity index (χ1n) is 10.1. The fourth-order valence-corrected chi connectivity index (χ4v) is 3.67. The van der Waals surface area contributed by atoms with E-state index in [4.69, 9.17) is 18.9 Å². The highest BCUT2D eigenvalue weighted by Gasteiger charge is 2.45. The molecule has 34 heavy (non-hydrogen) atoms. The summed E-state index contributed by atoms with van der Waals surface area (Å²) >= 11 is 0. The van der Waals surface area contributed by atoms with Gasteiger partial charge in [-0.25, -0.2) is 15.4 Å². The maximum absolute atomic E-state index is 12.3. The van der Waals surface area contributed by atoms with Crippen LogP contribution in [0.3, 0.4) is 0 Å². The summed E-state index contributed by atoms with van der Waals surface area (Å²) in [4.78, 5) is 23.0. The number of nitrogens with one attached hydrogen (secondary N) is 2. The lowest BCUT2D eigenvalue weighted by Gasteiger charge is -2.18. The number of aromatic amines is 1. The number of hydrogen-bond acceptors (Lipinski definition) is 12. The molecule has 0 bridgehead atoms. The second-order valence-electron chi connectivity index (χ2n) is 7.27. The zero-order chi connectivity index (χ0) is 24.4. The molecule has 0 spiro atoms. The van der Waals surface area contributed by atoms with Crippen molar-refractivity contribution in [3.8, 4) is 17.2 Å². The number of rotatable bonds is 8. The van der Waals surface area contributed by atoms with Crippen molar-refractivity contribution >= 4 is 23.3 Å². The lowest BCUT2D eigenvalue weighted by atomic mass is 10.1. The van der Waals surface area contributed by atoms with Crippen LogP contribution in [0.15, 0.2) is 28.4 Å². The lowest BCUT2D eigenvalue weighted by molar-refractivity contribution is -0.0501. The van der Waals surface area contributed by atoms with Crippen LogP contribution in [0.4, 0.5) is 5.95 Å². The summed E-state index contributed by atoms with van der Waals surface area (Å²) in [7, 11) is 4.47. The Morgan fingerprint density at radius 2 is 1.91 bits per heavy atom. The molecule has 3 aromatic rings. The zero-order valence-corrected chi connectivity index (χ0v) is 18.5. The standard InChI is InChI=1S/C20H24N6O8/c1-31-10-4-9(5-11(32-2)16(10)33-3)6-23-25-20-24-13-17(21-8-22-18(13)30)26(20)19-15(29)14(28)12(7-27)34-19/h4-6,8,12,14-15,19,27-29H,7H2,1-3H3,(H,24,25)(H,21,22,30)/b23-6+/t12-,14-,15-,19-/m1/s1. The Kier molecular flexibility index (Phi) is 6.65. The first-order chi connectivity index (χ1) is 16.4. The van der Waals surface area contributed by atoms with E-state index >= 15 is 0 Å². The van der Waals surface area contributed by atoms with Gasteiger partial charge in [-0.2, -0.15) is 5.10 Å². The van der Waals surface area contributed by atoms with Gasteiger partial charge in [-0.15, -0.1) is 0 Å². The highest BCUT2D eigenvalue weighted by molar-refractivity contribution is 5.83. The van der Waals surface area contributed by atoms with Gasteiger partial charge in [0.25, 0.3) is 5.56 Å². The largest absolute Gasteiger partial charge is 0.493 e. The SMILES string of the molecule is COc1cc(/C=N/Nc2nc3c(=O)[nH]cnc3n2[C@@H]2O[C@H](CO)[C@@H](O)[C@H]2O)cc(OC)c1OC. The van der Waals surface area contributed by atoms with Crippen molar-refractivity contribution in [3.05, 3.63) is 34.4 Å². The van der Waals surface area contributed by atoms with Gasteiger partial charge in [-0.3, -0.25) is 9.36 Å². The molecule has 0 saturated carbocycles. The molecular weight excluding hydrogens is 452 g/mol. The number of ether oxygens (including phenoxy) is 4. The predicted molar refractivity (Wildman–Crippen MR) is 118 cm³/mol. The van der Waals surface area contributed by atoms with Crippen LogP contribution in [0.2, 0.25) is 0 Å². The van der Waals surface area contributed by atoms with E-state index in [1.54, 1.807) is 12.1 Å². The molecule has 0 unspecified atom stereocenters. The summed E-state index contributed by atoms with van der Waals surface area (Å²) in [5.74, 6) is 1.29.